The van der Waals surface area contributed by atoms with Crippen LogP contribution in [0.15, 0.2) is 30.6 Å². The quantitative estimate of drug-likeness (QED) is 0.447. The van der Waals surface area contributed by atoms with Crippen LogP contribution in [0.1, 0.15) is 58.7 Å². The lowest BCUT2D eigenvalue weighted by Crippen LogP contribution is -2.43. The highest BCUT2D eigenvalue weighted by Crippen LogP contribution is 2.31. The van der Waals surface area contributed by atoms with Crippen LogP contribution in [0.5, 0.6) is 0 Å². The standard InChI is InChI=1S/C28H35N5O5S/c1-28(2,3)38-27(36)33-11-9-17(10-12-33)25(35)32-26-31-20-8-7-18(13-23(20)39-26)19-14-29-24(30-15-19)16-37-22-6-4-5-21(22)34/h7-8,13-15,17,21-22,34H,4-6,9-12,16H2,1-3H3,(H,31,32,35)/t21-,22-/m0/s1. The second kappa shape index (κ2) is 11.5. The summed E-state index contributed by atoms with van der Waals surface area (Å²) in [6, 6.07) is 5.91. The fraction of sp³-hybridized carbons (Fsp3) is 0.536. The van der Waals surface area contributed by atoms with E-state index in [4.69, 9.17) is 9.47 Å². The van der Waals surface area contributed by atoms with E-state index in [1.54, 1.807) is 17.3 Å². The van der Waals surface area contributed by atoms with E-state index in [1.165, 1.54) is 11.3 Å². The second-order valence-corrected chi connectivity index (χ2v) is 12.2. The Morgan fingerprint density at radius 1 is 1.10 bits per heavy atom. The number of carbonyl (C=O) groups excluding carboxylic acids is 2. The lowest BCUT2D eigenvalue weighted by molar-refractivity contribution is -0.121. The molecule has 0 radical (unpaired) electrons. The van der Waals surface area contributed by atoms with Crippen LogP contribution in [0.4, 0.5) is 9.93 Å². The molecule has 39 heavy (non-hydrogen) atoms. The SMILES string of the molecule is CC(C)(C)OC(=O)N1CCC(C(=O)Nc2nc3ccc(-c4cnc(CO[C@H]5CCC[C@@H]5O)nc4)cc3s2)CC1. The van der Waals surface area contributed by atoms with Gasteiger partial charge in [-0.1, -0.05) is 17.4 Å². The number of nitrogens with one attached hydrogen (secondary N) is 1. The Labute approximate surface area is 231 Å². The van der Waals surface area contributed by atoms with Crippen LogP contribution >= 0.6 is 11.3 Å². The van der Waals surface area contributed by atoms with Gasteiger partial charge in [-0.2, -0.15) is 0 Å². The summed E-state index contributed by atoms with van der Waals surface area (Å²) < 4.78 is 12.2. The molecular formula is C28H35N5O5S. The average Bonchev–Trinajstić information content (AvgIpc) is 3.51. The first-order valence-electron chi connectivity index (χ1n) is 13.4. The molecular weight excluding hydrogens is 518 g/mol. The molecule has 2 amide bonds. The molecule has 10 nitrogen and oxygen atoms in total. The van der Waals surface area contributed by atoms with Gasteiger partial charge in [0.15, 0.2) is 11.0 Å². The van der Waals surface area contributed by atoms with Gasteiger partial charge in [0.1, 0.15) is 12.2 Å². The van der Waals surface area contributed by atoms with Gasteiger partial charge in [-0.15, -0.1) is 0 Å². The van der Waals surface area contributed by atoms with Gasteiger partial charge in [0.2, 0.25) is 5.91 Å². The highest BCUT2D eigenvalue weighted by molar-refractivity contribution is 7.22. The summed E-state index contributed by atoms with van der Waals surface area (Å²) in [7, 11) is 0. The van der Waals surface area contributed by atoms with Crippen molar-refractivity contribution in [3.8, 4) is 11.1 Å². The topological polar surface area (TPSA) is 127 Å². The van der Waals surface area contributed by atoms with Crippen LogP contribution in [0.25, 0.3) is 21.3 Å². The van der Waals surface area contributed by atoms with E-state index < -0.39 is 11.7 Å². The molecule has 1 aliphatic heterocycles. The zero-order valence-corrected chi connectivity index (χ0v) is 23.4. The molecule has 2 N–H and O–H groups in total. The third kappa shape index (κ3) is 6.90. The van der Waals surface area contributed by atoms with Crippen LogP contribution in [0.2, 0.25) is 0 Å². The number of anilines is 1. The van der Waals surface area contributed by atoms with Crippen molar-refractivity contribution < 1.29 is 24.2 Å². The van der Waals surface area contributed by atoms with Crippen molar-refractivity contribution in [3.63, 3.8) is 0 Å². The van der Waals surface area contributed by atoms with Gasteiger partial charge in [-0.05, 0) is 70.6 Å². The fourth-order valence-electron chi connectivity index (χ4n) is 4.88. The molecule has 1 aromatic carbocycles. The van der Waals surface area contributed by atoms with Crippen molar-refractivity contribution in [1.29, 1.82) is 0 Å². The number of likely N-dealkylation sites (tertiary alicyclic amines) is 1. The van der Waals surface area contributed by atoms with Crippen molar-refractivity contribution in [2.75, 3.05) is 18.4 Å². The summed E-state index contributed by atoms with van der Waals surface area (Å²) in [5, 5.41) is 13.4. The van der Waals surface area contributed by atoms with E-state index in [0.717, 1.165) is 40.6 Å². The molecule has 2 fully saturated rings. The predicted octanol–water partition coefficient (Wildman–Crippen LogP) is 4.77. The largest absolute Gasteiger partial charge is 0.444 e. The van der Waals surface area contributed by atoms with Crippen molar-refractivity contribution in [2.45, 2.75) is 77.3 Å². The Hall–Kier alpha value is -3.15. The lowest BCUT2D eigenvalue weighted by Gasteiger charge is -2.32. The van der Waals surface area contributed by atoms with E-state index in [2.05, 4.69) is 20.3 Å². The molecule has 0 bridgehead atoms. The van der Waals surface area contributed by atoms with Crippen molar-refractivity contribution in [1.82, 2.24) is 19.9 Å². The number of thiazole rings is 1. The van der Waals surface area contributed by atoms with Gasteiger partial charge < -0.3 is 24.8 Å². The number of hydrogen-bond donors (Lipinski definition) is 2. The number of aliphatic hydroxyl groups excluding tert-OH is 1. The molecule has 5 rings (SSSR count). The number of piperidine rings is 1. The van der Waals surface area contributed by atoms with E-state index in [1.807, 2.05) is 39.0 Å². The number of amides is 2. The number of hydrogen-bond acceptors (Lipinski definition) is 9. The van der Waals surface area contributed by atoms with E-state index in [9.17, 15) is 14.7 Å². The first kappa shape index (κ1) is 27.4. The van der Waals surface area contributed by atoms with Crippen LogP contribution in [0.3, 0.4) is 0 Å². The molecule has 2 aromatic heterocycles. The summed E-state index contributed by atoms with van der Waals surface area (Å²) in [6.45, 7) is 6.79. The summed E-state index contributed by atoms with van der Waals surface area (Å²) in [6.07, 6.45) is 6.47. The first-order chi connectivity index (χ1) is 18.6. The molecule has 0 unspecified atom stereocenters. The van der Waals surface area contributed by atoms with E-state index in [0.29, 0.717) is 36.9 Å². The molecule has 1 saturated carbocycles. The second-order valence-electron chi connectivity index (χ2n) is 11.2. The zero-order valence-electron chi connectivity index (χ0n) is 22.6. The average molecular weight is 554 g/mol. The molecule has 3 aromatic rings. The van der Waals surface area contributed by atoms with Gasteiger partial charge >= 0.3 is 6.09 Å². The lowest BCUT2D eigenvalue weighted by atomic mass is 9.96. The minimum absolute atomic E-state index is 0.0746. The minimum Gasteiger partial charge on any atom is -0.444 e. The number of nitrogens with zero attached hydrogens (tertiary/aromatic N) is 4. The Kier molecular flexibility index (Phi) is 8.11. The van der Waals surface area contributed by atoms with Crippen LogP contribution in [-0.4, -0.2) is 67.9 Å². The summed E-state index contributed by atoms with van der Waals surface area (Å²) in [5.41, 5.74) is 2.10. The molecule has 2 aliphatic rings. The van der Waals surface area contributed by atoms with Crippen LogP contribution in [-0.2, 0) is 20.9 Å². The summed E-state index contributed by atoms with van der Waals surface area (Å²) in [5.74, 6) is 0.330. The normalized spacial score (nSPS) is 20.4. The zero-order chi connectivity index (χ0) is 27.6. The fourth-order valence-corrected chi connectivity index (χ4v) is 5.78. The highest BCUT2D eigenvalue weighted by atomic mass is 32.1. The van der Waals surface area contributed by atoms with E-state index >= 15 is 0 Å². The minimum atomic E-state index is -0.538. The van der Waals surface area contributed by atoms with Crippen LogP contribution in [0, 0.1) is 5.92 Å². The maximum atomic E-state index is 12.9. The summed E-state index contributed by atoms with van der Waals surface area (Å²) in [4.78, 5) is 40.3. The Morgan fingerprint density at radius 3 is 2.51 bits per heavy atom. The number of rotatable bonds is 6. The number of carbonyl (C=O) groups is 2. The first-order valence-corrected chi connectivity index (χ1v) is 14.3. The Balaban J connectivity index is 1.16. The number of ether oxygens (including phenoxy) is 2. The third-order valence-electron chi connectivity index (χ3n) is 7.02. The van der Waals surface area contributed by atoms with Gasteiger partial charge in [0, 0.05) is 37.0 Å². The monoisotopic (exact) mass is 553 g/mol. The van der Waals surface area contributed by atoms with Gasteiger partial charge in [0.05, 0.1) is 22.4 Å². The van der Waals surface area contributed by atoms with Gasteiger partial charge in [0.25, 0.3) is 0 Å². The molecule has 11 heteroatoms. The van der Waals surface area contributed by atoms with Crippen molar-refractivity contribution in [2.24, 2.45) is 5.92 Å². The van der Waals surface area contributed by atoms with Gasteiger partial charge in [-0.3, -0.25) is 4.79 Å². The molecule has 1 aliphatic carbocycles. The van der Waals surface area contributed by atoms with Gasteiger partial charge in [-0.25, -0.2) is 19.7 Å². The van der Waals surface area contributed by atoms with Crippen molar-refractivity contribution >= 4 is 38.7 Å². The van der Waals surface area contributed by atoms with E-state index in [-0.39, 0.29) is 30.6 Å². The maximum Gasteiger partial charge on any atom is 0.410 e. The smallest absolute Gasteiger partial charge is 0.410 e. The number of aliphatic hydroxyl groups is 1. The molecule has 2 atom stereocenters. The molecule has 3 heterocycles. The highest BCUT2D eigenvalue weighted by Gasteiger charge is 2.30. The van der Waals surface area contributed by atoms with Crippen LogP contribution < -0.4 is 5.32 Å². The predicted molar refractivity (Wildman–Crippen MR) is 148 cm³/mol. The third-order valence-corrected chi connectivity index (χ3v) is 7.95. The summed E-state index contributed by atoms with van der Waals surface area (Å²) >= 11 is 1.42. The Bertz CT molecular complexity index is 1310. The molecule has 1 saturated heterocycles. The maximum absolute atomic E-state index is 12.9. The van der Waals surface area contributed by atoms with Crippen molar-refractivity contribution in [3.05, 3.63) is 36.4 Å². The number of benzene rings is 1. The number of fused-ring (bicyclic) bond motifs is 1. The number of aromatic nitrogens is 3. The molecule has 208 valence electrons. The molecule has 0 spiro atoms. The Morgan fingerprint density at radius 2 is 1.85 bits per heavy atom.